The molecule has 0 heterocycles. The maximum atomic E-state index is 6.52. The molecule has 1 fully saturated rings. The van der Waals surface area contributed by atoms with Crippen LogP contribution in [0.3, 0.4) is 0 Å². The highest BCUT2D eigenvalue weighted by Gasteiger charge is 2.35. The third kappa shape index (κ3) is 2.51. The van der Waals surface area contributed by atoms with Gasteiger partial charge in [-0.15, -0.1) is 0 Å². The van der Waals surface area contributed by atoms with Gasteiger partial charge < -0.3 is 5.73 Å². The van der Waals surface area contributed by atoms with Gasteiger partial charge in [0.25, 0.3) is 0 Å². The van der Waals surface area contributed by atoms with E-state index in [1.165, 1.54) is 42.4 Å². The summed E-state index contributed by atoms with van der Waals surface area (Å²) >= 11 is 0. The van der Waals surface area contributed by atoms with Crippen LogP contribution in [0.2, 0.25) is 0 Å². The molecule has 1 aliphatic rings. The van der Waals surface area contributed by atoms with Gasteiger partial charge in [0.15, 0.2) is 0 Å². The molecule has 0 radical (unpaired) electrons. The Morgan fingerprint density at radius 1 is 0.850 bits per heavy atom. The zero-order valence-corrected chi connectivity index (χ0v) is 12.2. The molecular formula is C19H23N. The van der Waals surface area contributed by atoms with Crippen LogP contribution in [0.4, 0.5) is 0 Å². The molecule has 0 saturated heterocycles. The lowest BCUT2D eigenvalue weighted by molar-refractivity contribution is 0.265. The average molecular weight is 265 g/mol. The lowest BCUT2D eigenvalue weighted by Gasteiger charge is -2.31. The van der Waals surface area contributed by atoms with Crippen LogP contribution in [0, 0.1) is 5.41 Å². The Morgan fingerprint density at radius 3 is 2.00 bits per heavy atom. The molecule has 1 saturated carbocycles. The summed E-state index contributed by atoms with van der Waals surface area (Å²) in [7, 11) is 0. The highest BCUT2D eigenvalue weighted by Crippen LogP contribution is 2.46. The van der Waals surface area contributed by atoms with Gasteiger partial charge in [-0.1, -0.05) is 74.4 Å². The van der Waals surface area contributed by atoms with Crippen LogP contribution in [-0.2, 0) is 0 Å². The predicted octanol–water partition coefficient (Wildman–Crippen LogP) is 4.93. The van der Waals surface area contributed by atoms with Crippen LogP contribution in [0.1, 0.15) is 44.2 Å². The van der Waals surface area contributed by atoms with E-state index in [0.717, 1.165) is 0 Å². The Morgan fingerprint density at radius 2 is 1.40 bits per heavy atom. The number of benzene rings is 2. The first kappa shape index (κ1) is 13.4. The number of hydrogen-bond donors (Lipinski definition) is 1. The second kappa shape index (κ2) is 5.41. The van der Waals surface area contributed by atoms with Crippen molar-refractivity contribution in [3.63, 3.8) is 0 Å². The number of nitrogens with two attached hydrogens (primary N) is 1. The molecule has 3 rings (SSSR count). The van der Waals surface area contributed by atoms with E-state index in [1.54, 1.807) is 0 Å². The zero-order valence-electron chi connectivity index (χ0n) is 12.2. The fraction of sp³-hybridized carbons (Fsp3) is 0.368. The van der Waals surface area contributed by atoms with Crippen LogP contribution in [-0.4, -0.2) is 0 Å². The Hall–Kier alpha value is -1.60. The van der Waals surface area contributed by atoms with Gasteiger partial charge >= 0.3 is 0 Å². The van der Waals surface area contributed by atoms with Gasteiger partial charge in [0.05, 0.1) is 0 Å². The van der Waals surface area contributed by atoms with Crippen molar-refractivity contribution in [3.05, 3.63) is 60.2 Å². The van der Waals surface area contributed by atoms with Gasteiger partial charge in [-0.2, -0.15) is 0 Å². The van der Waals surface area contributed by atoms with Gasteiger partial charge in [-0.25, -0.2) is 0 Å². The first-order valence-corrected chi connectivity index (χ1v) is 7.60. The van der Waals surface area contributed by atoms with Crippen molar-refractivity contribution in [1.82, 2.24) is 0 Å². The van der Waals surface area contributed by atoms with Gasteiger partial charge in [-0.3, -0.25) is 0 Å². The van der Waals surface area contributed by atoms with Crippen LogP contribution >= 0.6 is 0 Å². The van der Waals surface area contributed by atoms with Crippen LogP contribution < -0.4 is 5.73 Å². The minimum absolute atomic E-state index is 0.162. The molecule has 1 heteroatoms. The maximum Gasteiger partial charge on any atom is 0.0349 e. The molecule has 0 aromatic heterocycles. The van der Waals surface area contributed by atoms with Gasteiger partial charge in [0, 0.05) is 6.04 Å². The minimum Gasteiger partial charge on any atom is -0.323 e. The first-order valence-electron chi connectivity index (χ1n) is 7.60. The van der Waals surface area contributed by atoms with Crippen LogP contribution in [0.25, 0.3) is 11.1 Å². The standard InChI is InChI=1S/C19H23N/c1-19(13-5-6-14-19)18(20)17-11-9-16(10-12-17)15-7-3-2-4-8-15/h2-4,7-12,18H,5-6,13-14,20H2,1H3. The maximum absolute atomic E-state index is 6.52. The molecule has 0 spiro atoms. The van der Waals surface area contributed by atoms with Gasteiger partial charge in [0.2, 0.25) is 0 Å². The van der Waals surface area contributed by atoms with E-state index >= 15 is 0 Å². The summed E-state index contributed by atoms with van der Waals surface area (Å²) in [5, 5.41) is 0. The lowest BCUT2D eigenvalue weighted by Crippen LogP contribution is -2.29. The summed E-state index contributed by atoms with van der Waals surface area (Å²) in [5.74, 6) is 0. The Labute approximate surface area is 121 Å². The largest absolute Gasteiger partial charge is 0.323 e. The number of hydrogen-bond acceptors (Lipinski definition) is 1. The van der Waals surface area contributed by atoms with Crippen LogP contribution in [0.5, 0.6) is 0 Å². The Balaban J connectivity index is 1.83. The van der Waals surface area contributed by atoms with Crippen LogP contribution in [0.15, 0.2) is 54.6 Å². The summed E-state index contributed by atoms with van der Waals surface area (Å²) < 4.78 is 0. The number of rotatable bonds is 3. The van der Waals surface area contributed by atoms with Gasteiger partial charge in [-0.05, 0) is 34.9 Å². The Bertz CT molecular complexity index is 550. The lowest BCUT2D eigenvalue weighted by atomic mass is 9.77. The fourth-order valence-corrected chi connectivity index (χ4v) is 3.41. The third-order valence-corrected chi connectivity index (χ3v) is 4.87. The molecule has 1 nitrogen and oxygen atoms in total. The van der Waals surface area contributed by atoms with Crippen molar-refractivity contribution < 1.29 is 0 Å². The molecule has 104 valence electrons. The zero-order chi connectivity index (χ0) is 14.0. The molecule has 1 aliphatic carbocycles. The van der Waals surface area contributed by atoms with E-state index < -0.39 is 0 Å². The smallest absolute Gasteiger partial charge is 0.0349 e. The van der Waals surface area contributed by atoms with Crippen molar-refractivity contribution in [1.29, 1.82) is 0 Å². The molecule has 0 amide bonds. The second-order valence-electron chi connectivity index (χ2n) is 6.33. The van der Waals surface area contributed by atoms with Crippen molar-refractivity contribution in [2.24, 2.45) is 11.1 Å². The summed E-state index contributed by atoms with van der Waals surface area (Å²) in [5.41, 5.74) is 10.6. The first-order chi connectivity index (χ1) is 9.69. The van der Waals surface area contributed by atoms with E-state index in [4.69, 9.17) is 5.73 Å². The molecule has 0 aliphatic heterocycles. The van der Waals surface area contributed by atoms with Crippen molar-refractivity contribution >= 4 is 0 Å². The summed E-state index contributed by atoms with van der Waals surface area (Å²) in [6.45, 7) is 2.34. The van der Waals surface area contributed by atoms with E-state index in [0.29, 0.717) is 0 Å². The minimum atomic E-state index is 0.162. The van der Waals surface area contributed by atoms with E-state index in [9.17, 15) is 0 Å². The van der Waals surface area contributed by atoms with E-state index in [2.05, 4.69) is 61.5 Å². The van der Waals surface area contributed by atoms with Crippen molar-refractivity contribution in [3.8, 4) is 11.1 Å². The highest BCUT2D eigenvalue weighted by molar-refractivity contribution is 5.63. The van der Waals surface area contributed by atoms with Crippen molar-refractivity contribution in [2.45, 2.75) is 38.6 Å². The van der Waals surface area contributed by atoms with E-state index in [-0.39, 0.29) is 11.5 Å². The SMILES string of the molecule is CC1(C(N)c2ccc(-c3ccccc3)cc2)CCCC1. The molecule has 2 aromatic rings. The monoisotopic (exact) mass is 265 g/mol. The third-order valence-electron chi connectivity index (χ3n) is 4.87. The highest BCUT2D eigenvalue weighted by atomic mass is 14.7. The molecule has 1 atom stereocenters. The summed E-state index contributed by atoms with van der Waals surface area (Å²) in [6.07, 6.45) is 5.17. The normalized spacial score (nSPS) is 18.9. The van der Waals surface area contributed by atoms with Crippen molar-refractivity contribution in [2.75, 3.05) is 0 Å². The fourth-order valence-electron chi connectivity index (χ4n) is 3.41. The summed E-state index contributed by atoms with van der Waals surface area (Å²) in [4.78, 5) is 0. The quantitative estimate of drug-likeness (QED) is 0.836. The molecule has 20 heavy (non-hydrogen) atoms. The molecule has 0 bridgehead atoms. The molecule has 2 aromatic carbocycles. The molecular weight excluding hydrogens is 242 g/mol. The summed E-state index contributed by atoms with van der Waals surface area (Å²) in [6, 6.07) is 19.5. The van der Waals surface area contributed by atoms with Gasteiger partial charge in [0.1, 0.15) is 0 Å². The predicted molar refractivity (Wildman–Crippen MR) is 85.4 cm³/mol. The topological polar surface area (TPSA) is 26.0 Å². The Kier molecular flexibility index (Phi) is 3.62. The average Bonchev–Trinajstić information content (AvgIpc) is 2.96. The molecule has 1 unspecified atom stereocenters. The second-order valence-corrected chi connectivity index (χ2v) is 6.33. The molecule has 2 N–H and O–H groups in total. The van der Waals surface area contributed by atoms with E-state index in [1.807, 2.05) is 0 Å².